The van der Waals surface area contributed by atoms with Gasteiger partial charge in [0, 0.05) is 11.1 Å². The number of hydrogen-bond donors (Lipinski definition) is 1. The third-order valence-corrected chi connectivity index (χ3v) is 7.30. The molecule has 3 aromatic carbocycles. The van der Waals surface area contributed by atoms with Crippen LogP contribution in [-0.2, 0) is 10.0 Å². The molecular formula is C21H11Cl4NO4S. The SMILES string of the molecule is NS(=O)(=O)c1ccc(-c2oc3ccccc3c(=O)c2-c2cc(Cl)c(Cl)c(Cl)c2Cl)cc1. The lowest BCUT2D eigenvalue weighted by Crippen LogP contribution is -2.12. The van der Waals surface area contributed by atoms with Crippen LogP contribution in [0.1, 0.15) is 0 Å². The van der Waals surface area contributed by atoms with Crippen LogP contribution >= 0.6 is 46.4 Å². The zero-order chi connectivity index (χ0) is 22.5. The molecular weight excluding hydrogens is 504 g/mol. The number of sulfonamides is 1. The van der Waals surface area contributed by atoms with Crippen molar-refractivity contribution in [3.05, 3.63) is 84.9 Å². The molecule has 0 amide bonds. The Hall–Kier alpha value is -2.06. The first-order valence-corrected chi connectivity index (χ1v) is 11.7. The minimum Gasteiger partial charge on any atom is -0.455 e. The Morgan fingerprint density at radius 3 is 2.13 bits per heavy atom. The van der Waals surface area contributed by atoms with E-state index in [1.165, 1.54) is 30.3 Å². The Bertz CT molecular complexity index is 1510. The van der Waals surface area contributed by atoms with E-state index < -0.39 is 10.0 Å². The van der Waals surface area contributed by atoms with Gasteiger partial charge in [-0.2, -0.15) is 0 Å². The van der Waals surface area contributed by atoms with Crippen molar-refractivity contribution < 1.29 is 12.8 Å². The summed E-state index contributed by atoms with van der Waals surface area (Å²) in [5, 5.41) is 5.68. The molecule has 1 heterocycles. The molecule has 2 N–H and O–H groups in total. The predicted molar refractivity (Wildman–Crippen MR) is 125 cm³/mol. The fraction of sp³-hybridized carbons (Fsp3) is 0. The van der Waals surface area contributed by atoms with E-state index in [1.807, 2.05) is 0 Å². The molecule has 0 radical (unpaired) electrons. The highest BCUT2D eigenvalue weighted by atomic mass is 35.5. The second kappa shape index (κ2) is 8.13. The smallest absolute Gasteiger partial charge is 0.238 e. The molecule has 158 valence electrons. The van der Waals surface area contributed by atoms with Gasteiger partial charge in [0.2, 0.25) is 15.5 Å². The highest BCUT2D eigenvalue weighted by Crippen LogP contribution is 2.44. The van der Waals surface area contributed by atoms with Gasteiger partial charge in [0.05, 0.1) is 35.9 Å². The van der Waals surface area contributed by atoms with Crippen LogP contribution in [0.25, 0.3) is 33.4 Å². The molecule has 0 aliphatic rings. The van der Waals surface area contributed by atoms with E-state index in [2.05, 4.69) is 0 Å². The lowest BCUT2D eigenvalue weighted by Gasteiger charge is -2.14. The molecule has 4 aromatic rings. The maximum Gasteiger partial charge on any atom is 0.238 e. The summed E-state index contributed by atoms with van der Waals surface area (Å²) in [6.45, 7) is 0. The average Bonchev–Trinajstić information content (AvgIpc) is 2.74. The molecule has 31 heavy (non-hydrogen) atoms. The van der Waals surface area contributed by atoms with Crippen molar-refractivity contribution in [2.24, 2.45) is 5.14 Å². The number of hydrogen-bond acceptors (Lipinski definition) is 4. The molecule has 0 fully saturated rings. The molecule has 0 saturated carbocycles. The van der Waals surface area contributed by atoms with E-state index in [1.54, 1.807) is 24.3 Å². The second-order valence-electron chi connectivity index (χ2n) is 6.55. The van der Waals surface area contributed by atoms with Crippen molar-refractivity contribution in [3.8, 4) is 22.5 Å². The van der Waals surface area contributed by atoms with Crippen LogP contribution in [0.3, 0.4) is 0 Å². The van der Waals surface area contributed by atoms with Crippen LogP contribution in [0.4, 0.5) is 0 Å². The average molecular weight is 515 g/mol. The minimum absolute atomic E-state index is 0.00563. The van der Waals surface area contributed by atoms with Gasteiger partial charge in [-0.3, -0.25) is 4.79 Å². The van der Waals surface area contributed by atoms with Crippen LogP contribution < -0.4 is 10.6 Å². The Balaban J connectivity index is 2.11. The van der Waals surface area contributed by atoms with Crippen LogP contribution in [-0.4, -0.2) is 8.42 Å². The molecule has 0 aliphatic carbocycles. The van der Waals surface area contributed by atoms with E-state index in [9.17, 15) is 13.2 Å². The van der Waals surface area contributed by atoms with Gasteiger partial charge in [-0.15, -0.1) is 0 Å². The Morgan fingerprint density at radius 2 is 1.48 bits per heavy atom. The maximum atomic E-state index is 13.5. The van der Waals surface area contributed by atoms with Crippen molar-refractivity contribution in [1.29, 1.82) is 0 Å². The van der Waals surface area contributed by atoms with E-state index in [4.69, 9.17) is 56.0 Å². The zero-order valence-electron chi connectivity index (χ0n) is 15.3. The lowest BCUT2D eigenvalue weighted by molar-refractivity contribution is 0.597. The van der Waals surface area contributed by atoms with Gasteiger partial charge in [-0.05, 0) is 42.5 Å². The Kier molecular flexibility index (Phi) is 5.81. The lowest BCUT2D eigenvalue weighted by atomic mass is 9.98. The standard InChI is InChI=1S/C21H11Cl4NO4S/c22-14-9-13(17(23)19(25)18(14)24)16-20(27)12-3-1-2-4-15(12)30-21(16)10-5-7-11(8-6-10)31(26,28)29/h1-9H,(H2,26,28,29). The minimum atomic E-state index is -3.89. The van der Waals surface area contributed by atoms with Gasteiger partial charge in [0.15, 0.2) is 0 Å². The van der Waals surface area contributed by atoms with Gasteiger partial charge in [-0.1, -0.05) is 58.5 Å². The fourth-order valence-corrected chi connectivity index (χ4v) is 4.55. The van der Waals surface area contributed by atoms with Crippen LogP contribution in [0.2, 0.25) is 20.1 Å². The monoisotopic (exact) mass is 513 g/mol. The first-order valence-electron chi connectivity index (χ1n) is 8.62. The number of halogens is 4. The van der Waals surface area contributed by atoms with E-state index in [-0.39, 0.29) is 47.3 Å². The third-order valence-electron chi connectivity index (χ3n) is 4.61. The van der Waals surface area contributed by atoms with Crippen LogP contribution in [0, 0.1) is 0 Å². The van der Waals surface area contributed by atoms with Crippen LogP contribution in [0.5, 0.6) is 0 Å². The fourth-order valence-electron chi connectivity index (χ4n) is 3.14. The molecule has 0 saturated heterocycles. The largest absolute Gasteiger partial charge is 0.455 e. The highest BCUT2D eigenvalue weighted by molar-refractivity contribution is 7.89. The summed E-state index contributed by atoms with van der Waals surface area (Å²) in [5.41, 5.74) is 0.718. The van der Waals surface area contributed by atoms with Gasteiger partial charge < -0.3 is 4.42 Å². The second-order valence-corrected chi connectivity index (χ2v) is 9.65. The molecule has 0 bridgehead atoms. The van der Waals surface area contributed by atoms with Crippen molar-refractivity contribution in [2.75, 3.05) is 0 Å². The van der Waals surface area contributed by atoms with Gasteiger partial charge in [-0.25, -0.2) is 13.6 Å². The molecule has 5 nitrogen and oxygen atoms in total. The van der Waals surface area contributed by atoms with E-state index in [0.29, 0.717) is 16.5 Å². The number of para-hydroxylation sites is 1. The Labute approximate surface area is 197 Å². The summed E-state index contributed by atoms with van der Waals surface area (Å²) < 4.78 is 29.2. The van der Waals surface area contributed by atoms with E-state index >= 15 is 0 Å². The summed E-state index contributed by atoms with van der Waals surface area (Å²) >= 11 is 24.9. The Morgan fingerprint density at radius 1 is 0.839 bits per heavy atom. The van der Waals surface area contributed by atoms with Crippen molar-refractivity contribution in [2.45, 2.75) is 4.90 Å². The van der Waals surface area contributed by atoms with Gasteiger partial charge in [0.25, 0.3) is 0 Å². The first kappa shape index (κ1) is 22.1. The number of fused-ring (bicyclic) bond motifs is 1. The molecule has 10 heteroatoms. The normalized spacial score (nSPS) is 11.8. The van der Waals surface area contributed by atoms with Crippen molar-refractivity contribution in [1.82, 2.24) is 0 Å². The molecule has 0 aliphatic heterocycles. The predicted octanol–water partition coefficient (Wildman–Crippen LogP) is 6.39. The quantitative estimate of drug-likeness (QED) is 0.253. The maximum absolute atomic E-state index is 13.5. The summed E-state index contributed by atoms with van der Waals surface area (Å²) in [4.78, 5) is 13.4. The first-order chi connectivity index (χ1) is 14.6. The number of primary sulfonamides is 1. The summed E-state index contributed by atoms with van der Waals surface area (Å²) in [7, 11) is -3.89. The number of rotatable bonds is 3. The summed E-state index contributed by atoms with van der Waals surface area (Å²) in [5.74, 6) is 0.154. The molecule has 0 atom stereocenters. The van der Waals surface area contributed by atoms with Gasteiger partial charge in [0.1, 0.15) is 11.3 Å². The van der Waals surface area contributed by atoms with E-state index in [0.717, 1.165) is 0 Å². The third kappa shape index (κ3) is 3.96. The summed E-state index contributed by atoms with van der Waals surface area (Å²) in [6.07, 6.45) is 0. The molecule has 0 spiro atoms. The highest BCUT2D eigenvalue weighted by Gasteiger charge is 2.23. The topological polar surface area (TPSA) is 90.4 Å². The summed E-state index contributed by atoms with van der Waals surface area (Å²) in [6, 6.07) is 13.7. The molecule has 4 rings (SSSR count). The van der Waals surface area contributed by atoms with Gasteiger partial charge >= 0.3 is 0 Å². The van der Waals surface area contributed by atoms with Crippen LogP contribution in [0.15, 0.2) is 68.7 Å². The van der Waals surface area contributed by atoms with Crippen molar-refractivity contribution in [3.63, 3.8) is 0 Å². The zero-order valence-corrected chi connectivity index (χ0v) is 19.2. The number of nitrogens with two attached hydrogens (primary N) is 1. The number of benzene rings is 3. The molecule has 0 unspecified atom stereocenters. The molecule has 1 aromatic heterocycles. The van der Waals surface area contributed by atoms with Crippen molar-refractivity contribution >= 4 is 67.4 Å².